The first kappa shape index (κ1) is 17.8. The average Bonchev–Trinajstić information content (AvgIpc) is 2.53. The van der Waals surface area contributed by atoms with Gasteiger partial charge in [-0.2, -0.15) is 0 Å². The van der Waals surface area contributed by atoms with E-state index in [0.717, 1.165) is 49.9 Å². The van der Waals surface area contributed by atoms with E-state index in [4.69, 9.17) is 0 Å². The van der Waals surface area contributed by atoms with Crippen LogP contribution in [-0.2, 0) is 14.8 Å². The highest BCUT2D eigenvalue weighted by atomic mass is 32.2. The maximum atomic E-state index is 13.0. The molecule has 0 spiro atoms. The molecule has 25 heavy (non-hydrogen) atoms. The van der Waals surface area contributed by atoms with Gasteiger partial charge in [0, 0.05) is 18.6 Å². The first-order valence-corrected chi connectivity index (χ1v) is 11.8. The summed E-state index contributed by atoms with van der Waals surface area (Å²) in [7, 11) is -3.20. The Morgan fingerprint density at radius 2 is 1.72 bits per heavy atom. The number of piperidine rings is 1. The van der Waals surface area contributed by atoms with Crippen LogP contribution < -0.4 is 5.32 Å². The van der Waals surface area contributed by atoms with Crippen molar-refractivity contribution < 1.29 is 13.2 Å². The van der Waals surface area contributed by atoms with Crippen LogP contribution in [0.25, 0.3) is 0 Å². The predicted molar refractivity (Wildman–Crippen MR) is 97.4 cm³/mol. The number of carbonyl (C=O) groups is 1. The Morgan fingerprint density at radius 3 is 2.28 bits per heavy atom. The van der Waals surface area contributed by atoms with Crippen LogP contribution in [0, 0.1) is 23.7 Å². The third kappa shape index (κ3) is 3.48. The van der Waals surface area contributed by atoms with Gasteiger partial charge in [-0.15, -0.1) is 0 Å². The Bertz CT molecular complexity index is 595. The van der Waals surface area contributed by atoms with E-state index < -0.39 is 10.0 Å². The molecule has 6 heteroatoms. The topological polar surface area (TPSA) is 66.5 Å². The van der Waals surface area contributed by atoms with Crippen molar-refractivity contribution in [1.29, 1.82) is 0 Å². The van der Waals surface area contributed by atoms with Gasteiger partial charge in [0.25, 0.3) is 0 Å². The normalized spacial score (nSPS) is 41.0. The van der Waals surface area contributed by atoms with Gasteiger partial charge in [0.2, 0.25) is 15.9 Å². The van der Waals surface area contributed by atoms with Gasteiger partial charge in [0.15, 0.2) is 0 Å². The third-order valence-corrected chi connectivity index (χ3v) is 9.08. The summed E-state index contributed by atoms with van der Waals surface area (Å²) in [6.07, 6.45) is 9.77. The molecule has 5 nitrogen and oxygen atoms in total. The lowest BCUT2D eigenvalue weighted by molar-refractivity contribution is -0.131. The van der Waals surface area contributed by atoms with Gasteiger partial charge >= 0.3 is 0 Å². The second-order valence-electron chi connectivity index (χ2n) is 9.20. The van der Waals surface area contributed by atoms with Gasteiger partial charge in [-0.25, -0.2) is 12.7 Å². The van der Waals surface area contributed by atoms with Crippen LogP contribution in [0.2, 0.25) is 0 Å². The molecule has 1 aliphatic heterocycles. The largest absolute Gasteiger partial charge is 0.350 e. The van der Waals surface area contributed by atoms with Crippen LogP contribution in [0.1, 0.15) is 64.7 Å². The van der Waals surface area contributed by atoms with Crippen LogP contribution in [0.15, 0.2) is 0 Å². The number of hydrogen-bond acceptors (Lipinski definition) is 3. The van der Waals surface area contributed by atoms with E-state index in [1.54, 1.807) is 4.31 Å². The second kappa shape index (κ2) is 6.52. The standard InChI is InChI=1S/C19H32N2O3S/c1-2-6-25(23,24)21-5-3-4-17(13-21)18(22)20-19-10-14-7-15(11-19)9-16(8-14)12-19/h14-17H,2-13H2,1H3,(H,20,22)/t14?,15?,16?,17-,19?/m0/s1. The zero-order chi connectivity index (χ0) is 17.7. The summed E-state index contributed by atoms with van der Waals surface area (Å²) in [5.74, 6) is 2.54. The molecule has 5 fully saturated rings. The molecule has 5 rings (SSSR count). The van der Waals surface area contributed by atoms with Gasteiger partial charge < -0.3 is 5.32 Å². The fraction of sp³-hybridized carbons (Fsp3) is 0.947. The van der Waals surface area contributed by atoms with E-state index in [9.17, 15) is 13.2 Å². The summed E-state index contributed by atoms with van der Waals surface area (Å²) < 4.78 is 26.3. The Kier molecular flexibility index (Phi) is 4.64. The number of sulfonamides is 1. The molecule has 4 bridgehead atoms. The fourth-order valence-corrected chi connectivity index (χ4v) is 8.01. The molecule has 0 aromatic carbocycles. The van der Waals surface area contributed by atoms with E-state index >= 15 is 0 Å². The summed E-state index contributed by atoms with van der Waals surface area (Å²) in [6, 6.07) is 0. The summed E-state index contributed by atoms with van der Waals surface area (Å²) in [5.41, 5.74) is 0.0242. The third-order valence-electron chi connectivity index (χ3n) is 7.04. The fourth-order valence-electron chi connectivity index (χ4n) is 6.42. The van der Waals surface area contributed by atoms with Gasteiger partial charge in [0.1, 0.15) is 0 Å². The maximum Gasteiger partial charge on any atom is 0.224 e. The summed E-state index contributed by atoms with van der Waals surface area (Å²) in [4.78, 5) is 13.0. The van der Waals surface area contributed by atoms with Crippen LogP contribution in [0.3, 0.4) is 0 Å². The zero-order valence-corrected chi connectivity index (χ0v) is 16.2. The SMILES string of the molecule is CCCS(=O)(=O)N1CCC[C@H](C(=O)NC23CC4CC(CC(C4)C2)C3)C1. The summed E-state index contributed by atoms with van der Waals surface area (Å²) in [6.45, 7) is 2.84. The van der Waals surface area contributed by atoms with Crippen LogP contribution in [0.5, 0.6) is 0 Å². The van der Waals surface area contributed by atoms with Crippen molar-refractivity contribution in [2.24, 2.45) is 23.7 Å². The molecule has 0 radical (unpaired) electrons. The van der Waals surface area contributed by atoms with Gasteiger partial charge in [-0.3, -0.25) is 4.79 Å². The zero-order valence-electron chi connectivity index (χ0n) is 15.4. The van der Waals surface area contributed by atoms with Crippen molar-refractivity contribution in [3.05, 3.63) is 0 Å². The highest BCUT2D eigenvalue weighted by Gasteiger charge is 2.52. The first-order chi connectivity index (χ1) is 11.9. The highest BCUT2D eigenvalue weighted by Crippen LogP contribution is 2.55. The van der Waals surface area contributed by atoms with E-state index in [1.165, 1.54) is 19.3 Å². The molecule has 4 aliphatic carbocycles. The molecule has 0 aromatic rings. The minimum absolute atomic E-state index is 0.0242. The number of hydrogen-bond donors (Lipinski definition) is 1. The highest BCUT2D eigenvalue weighted by molar-refractivity contribution is 7.89. The van der Waals surface area contributed by atoms with Crippen LogP contribution in [-0.4, -0.2) is 43.0 Å². The molecule has 5 aliphatic rings. The van der Waals surface area contributed by atoms with Crippen molar-refractivity contribution >= 4 is 15.9 Å². The molecule has 0 aromatic heterocycles. The van der Waals surface area contributed by atoms with Crippen molar-refractivity contribution in [2.45, 2.75) is 70.3 Å². The molecule has 1 heterocycles. The lowest BCUT2D eigenvalue weighted by Gasteiger charge is -2.57. The Labute approximate surface area is 152 Å². The maximum absolute atomic E-state index is 13.0. The molecular formula is C19H32N2O3S. The van der Waals surface area contributed by atoms with Crippen LogP contribution in [0.4, 0.5) is 0 Å². The molecule has 1 N–H and O–H groups in total. The van der Waals surface area contributed by atoms with Crippen molar-refractivity contribution in [3.63, 3.8) is 0 Å². The summed E-state index contributed by atoms with van der Waals surface area (Å²) in [5, 5.41) is 3.44. The molecule has 1 atom stereocenters. The molecular weight excluding hydrogens is 336 g/mol. The van der Waals surface area contributed by atoms with E-state index in [2.05, 4.69) is 5.32 Å². The summed E-state index contributed by atoms with van der Waals surface area (Å²) >= 11 is 0. The van der Waals surface area contributed by atoms with Gasteiger partial charge in [-0.05, 0) is 75.5 Å². The minimum Gasteiger partial charge on any atom is -0.350 e. The van der Waals surface area contributed by atoms with Crippen LogP contribution >= 0.6 is 0 Å². The lowest BCUT2D eigenvalue weighted by atomic mass is 9.53. The van der Waals surface area contributed by atoms with E-state index in [1.807, 2.05) is 6.92 Å². The van der Waals surface area contributed by atoms with Crippen molar-refractivity contribution in [1.82, 2.24) is 9.62 Å². The molecule has 1 saturated heterocycles. The van der Waals surface area contributed by atoms with Gasteiger partial charge in [-0.1, -0.05) is 6.92 Å². The smallest absolute Gasteiger partial charge is 0.224 e. The van der Waals surface area contributed by atoms with Crippen molar-refractivity contribution in [3.8, 4) is 0 Å². The number of nitrogens with zero attached hydrogens (tertiary/aromatic N) is 1. The minimum atomic E-state index is -3.20. The van der Waals surface area contributed by atoms with Gasteiger partial charge in [0.05, 0.1) is 11.7 Å². The Morgan fingerprint density at radius 1 is 1.12 bits per heavy atom. The quantitative estimate of drug-likeness (QED) is 0.811. The Hall–Kier alpha value is -0.620. The monoisotopic (exact) mass is 368 g/mol. The molecule has 1 amide bonds. The number of amides is 1. The number of carbonyl (C=O) groups excluding carboxylic acids is 1. The lowest BCUT2D eigenvalue weighted by Crippen LogP contribution is -2.61. The van der Waals surface area contributed by atoms with E-state index in [0.29, 0.717) is 19.5 Å². The number of nitrogens with one attached hydrogen (secondary N) is 1. The predicted octanol–water partition coefficient (Wildman–Crippen LogP) is 2.52. The van der Waals surface area contributed by atoms with Crippen molar-refractivity contribution in [2.75, 3.05) is 18.8 Å². The molecule has 142 valence electrons. The first-order valence-electron chi connectivity index (χ1n) is 10.2. The molecule has 0 unspecified atom stereocenters. The Balaban J connectivity index is 1.41. The number of rotatable bonds is 5. The average molecular weight is 369 g/mol. The molecule has 4 saturated carbocycles. The second-order valence-corrected chi connectivity index (χ2v) is 11.3. The van der Waals surface area contributed by atoms with E-state index in [-0.39, 0.29) is 23.1 Å².